The molecule has 3 nitrogen and oxygen atoms in total. The highest BCUT2D eigenvalue weighted by molar-refractivity contribution is 5.94. The number of hydrogen-bond acceptors (Lipinski definition) is 2. The number of rotatable bonds is 6. The zero-order valence-corrected chi connectivity index (χ0v) is 17.5. The van der Waals surface area contributed by atoms with E-state index in [0.29, 0.717) is 6.04 Å². The first kappa shape index (κ1) is 20.9. The number of amides is 1. The van der Waals surface area contributed by atoms with Gasteiger partial charge in [0.25, 0.3) is 5.91 Å². The van der Waals surface area contributed by atoms with Crippen molar-refractivity contribution in [1.82, 2.24) is 10.2 Å². The third kappa shape index (κ3) is 4.59. The second kappa shape index (κ2) is 9.58. The molecule has 1 saturated heterocycles. The maximum absolute atomic E-state index is 13.2. The third-order valence-corrected chi connectivity index (χ3v) is 6.08. The Morgan fingerprint density at radius 1 is 1.07 bits per heavy atom. The lowest BCUT2D eigenvalue weighted by Crippen LogP contribution is -2.41. The summed E-state index contributed by atoms with van der Waals surface area (Å²) in [5.74, 6) is 0.920. The van der Waals surface area contributed by atoms with Gasteiger partial charge in [-0.3, -0.25) is 4.79 Å². The zero-order valence-electron chi connectivity index (χ0n) is 16.7. The molecular weight excluding hydrogens is 368 g/mol. The van der Waals surface area contributed by atoms with E-state index in [-0.39, 0.29) is 18.3 Å². The molecule has 1 heterocycles. The van der Waals surface area contributed by atoms with E-state index in [1.165, 1.54) is 23.1 Å². The summed E-state index contributed by atoms with van der Waals surface area (Å²) in [6, 6.07) is 17.3. The Kier molecular flexibility index (Phi) is 7.14. The van der Waals surface area contributed by atoms with Crippen LogP contribution in [0.3, 0.4) is 0 Å². The molecule has 2 aromatic carbocycles. The number of benzene rings is 2. The van der Waals surface area contributed by atoms with Crippen LogP contribution in [-0.4, -0.2) is 36.5 Å². The van der Waals surface area contributed by atoms with Crippen molar-refractivity contribution in [1.29, 1.82) is 0 Å². The van der Waals surface area contributed by atoms with Crippen molar-refractivity contribution in [2.24, 2.45) is 5.92 Å². The SMILES string of the molecule is CCCN(C(=O)c1ccc(CC2CCNC2)cc1)C1Cc2ccccc2C1.Cl. The van der Waals surface area contributed by atoms with Gasteiger partial charge in [0.15, 0.2) is 0 Å². The maximum Gasteiger partial charge on any atom is 0.254 e. The summed E-state index contributed by atoms with van der Waals surface area (Å²) in [6.07, 6.45) is 5.32. The minimum atomic E-state index is 0. The molecule has 1 atom stereocenters. The summed E-state index contributed by atoms with van der Waals surface area (Å²) in [5.41, 5.74) is 4.97. The number of carbonyl (C=O) groups is 1. The first-order valence-corrected chi connectivity index (χ1v) is 10.4. The molecule has 4 rings (SSSR count). The second-order valence-electron chi connectivity index (χ2n) is 8.09. The molecule has 0 saturated carbocycles. The summed E-state index contributed by atoms with van der Waals surface area (Å²) in [7, 11) is 0. The predicted molar refractivity (Wildman–Crippen MR) is 117 cm³/mol. The molecule has 2 aromatic rings. The molecular formula is C24H31ClN2O. The molecule has 0 aromatic heterocycles. The van der Waals surface area contributed by atoms with Gasteiger partial charge in [0, 0.05) is 18.2 Å². The Hall–Kier alpha value is -1.84. The lowest BCUT2D eigenvalue weighted by Gasteiger charge is -2.29. The van der Waals surface area contributed by atoms with Gasteiger partial charge >= 0.3 is 0 Å². The fraction of sp³-hybridized carbons (Fsp3) is 0.458. The Morgan fingerprint density at radius 3 is 2.32 bits per heavy atom. The molecule has 1 amide bonds. The van der Waals surface area contributed by atoms with Gasteiger partial charge in [-0.05, 0) is 79.9 Å². The number of nitrogens with one attached hydrogen (secondary N) is 1. The molecule has 1 unspecified atom stereocenters. The molecule has 28 heavy (non-hydrogen) atoms. The second-order valence-corrected chi connectivity index (χ2v) is 8.09. The standard InChI is InChI=1S/C24H30N2O.ClH/c1-2-13-26(23-15-21-5-3-4-6-22(21)16-23)24(27)20-9-7-18(8-10-20)14-19-11-12-25-17-19;/h3-10,19,23,25H,2,11-17H2,1H3;1H. The minimum absolute atomic E-state index is 0. The van der Waals surface area contributed by atoms with Gasteiger partial charge in [-0.15, -0.1) is 12.4 Å². The van der Waals surface area contributed by atoms with E-state index < -0.39 is 0 Å². The average Bonchev–Trinajstić information content (AvgIpc) is 3.35. The van der Waals surface area contributed by atoms with Crippen molar-refractivity contribution in [2.45, 2.75) is 45.1 Å². The lowest BCUT2D eigenvalue weighted by atomic mass is 9.97. The van der Waals surface area contributed by atoms with Gasteiger partial charge in [0.2, 0.25) is 0 Å². The fourth-order valence-electron chi connectivity index (χ4n) is 4.62. The summed E-state index contributed by atoms with van der Waals surface area (Å²) in [5, 5.41) is 3.43. The van der Waals surface area contributed by atoms with Crippen LogP contribution in [0.2, 0.25) is 0 Å². The monoisotopic (exact) mass is 398 g/mol. The van der Waals surface area contributed by atoms with Gasteiger partial charge in [0.1, 0.15) is 0 Å². The van der Waals surface area contributed by atoms with Crippen LogP contribution in [0.5, 0.6) is 0 Å². The lowest BCUT2D eigenvalue weighted by molar-refractivity contribution is 0.0684. The molecule has 1 aliphatic carbocycles. The smallest absolute Gasteiger partial charge is 0.254 e. The van der Waals surface area contributed by atoms with Crippen LogP contribution in [0.4, 0.5) is 0 Å². The van der Waals surface area contributed by atoms with Crippen molar-refractivity contribution in [3.8, 4) is 0 Å². The molecule has 1 fully saturated rings. The first-order chi connectivity index (χ1) is 13.2. The predicted octanol–water partition coefficient (Wildman–Crippen LogP) is 4.28. The Morgan fingerprint density at radius 2 is 1.75 bits per heavy atom. The van der Waals surface area contributed by atoms with Crippen molar-refractivity contribution >= 4 is 18.3 Å². The van der Waals surface area contributed by atoms with Crippen molar-refractivity contribution < 1.29 is 4.79 Å². The molecule has 0 bridgehead atoms. The average molecular weight is 399 g/mol. The Balaban J connectivity index is 0.00000225. The van der Waals surface area contributed by atoms with Crippen molar-refractivity contribution in [2.75, 3.05) is 19.6 Å². The van der Waals surface area contributed by atoms with Crippen LogP contribution in [0.25, 0.3) is 0 Å². The zero-order chi connectivity index (χ0) is 18.6. The van der Waals surface area contributed by atoms with E-state index in [0.717, 1.165) is 56.8 Å². The summed E-state index contributed by atoms with van der Waals surface area (Å²) >= 11 is 0. The summed E-state index contributed by atoms with van der Waals surface area (Å²) in [6.45, 7) is 5.23. The molecule has 0 radical (unpaired) electrons. The Labute approximate surface area is 174 Å². The normalized spacial score (nSPS) is 18.5. The van der Waals surface area contributed by atoms with Gasteiger partial charge in [0.05, 0.1) is 0 Å². The van der Waals surface area contributed by atoms with E-state index in [2.05, 4.69) is 53.5 Å². The van der Waals surface area contributed by atoms with Crippen LogP contribution in [0.1, 0.15) is 46.8 Å². The number of carbonyl (C=O) groups excluding carboxylic acids is 1. The minimum Gasteiger partial charge on any atom is -0.335 e. The molecule has 1 aliphatic heterocycles. The fourth-order valence-corrected chi connectivity index (χ4v) is 4.62. The van der Waals surface area contributed by atoms with Gasteiger partial charge in [-0.25, -0.2) is 0 Å². The number of halogens is 1. The summed E-state index contributed by atoms with van der Waals surface area (Å²) < 4.78 is 0. The van der Waals surface area contributed by atoms with E-state index in [1.807, 2.05) is 12.1 Å². The van der Waals surface area contributed by atoms with Crippen LogP contribution in [-0.2, 0) is 19.3 Å². The third-order valence-electron chi connectivity index (χ3n) is 6.08. The van der Waals surface area contributed by atoms with E-state index in [9.17, 15) is 4.79 Å². The van der Waals surface area contributed by atoms with Crippen LogP contribution >= 0.6 is 12.4 Å². The number of nitrogens with zero attached hydrogens (tertiary/aromatic N) is 1. The maximum atomic E-state index is 13.2. The van der Waals surface area contributed by atoms with Crippen molar-refractivity contribution in [3.63, 3.8) is 0 Å². The van der Waals surface area contributed by atoms with E-state index in [4.69, 9.17) is 0 Å². The Bertz CT molecular complexity index is 758. The van der Waals surface area contributed by atoms with E-state index >= 15 is 0 Å². The van der Waals surface area contributed by atoms with Gasteiger partial charge < -0.3 is 10.2 Å². The molecule has 150 valence electrons. The number of fused-ring (bicyclic) bond motifs is 1. The highest BCUT2D eigenvalue weighted by Gasteiger charge is 2.29. The van der Waals surface area contributed by atoms with Gasteiger partial charge in [-0.2, -0.15) is 0 Å². The highest BCUT2D eigenvalue weighted by Crippen LogP contribution is 2.27. The van der Waals surface area contributed by atoms with Crippen LogP contribution < -0.4 is 5.32 Å². The first-order valence-electron chi connectivity index (χ1n) is 10.4. The molecule has 2 aliphatic rings. The van der Waals surface area contributed by atoms with Crippen LogP contribution in [0.15, 0.2) is 48.5 Å². The largest absolute Gasteiger partial charge is 0.335 e. The number of hydrogen-bond donors (Lipinski definition) is 1. The molecule has 1 N–H and O–H groups in total. The topological polar surface area (TPSA) is 32.3 Å². The van der Waals surface area contributed by atoms with Crippen molar-refractivity contribution in [3.05, 3.63) is 70.8 Å². The van der Waals surface area contributed by atoms with Crippen LogP contribution in [0, 0.1) is 5.92 Å². The van der Waals surface area contributed by atoms with E-state index in [1.54, 1.807) is 0 Å². The van der Waals surface area contributed by atoms with Gasteiger partial charge in [-0.1, -0.05) is 43.3 Å². The molecule has 4 heteroatoms. The summed E-state index contributed by atoms with van der Waals surface area (Å²) in [4.78, 5) is 15.4. The quantitative estimate of drug-likeness (QED) is 0.787. The molecule has 0 spiro atoms. The highest BCUT2D eigenvalue weighted by atomic mass is 35.5.